The van der Waals surface area contributed by atoms with Gasteiger partial charge in [-0.1, -0.05) is 6.92 Å². The minimum Gasteiger partial charge on any atom is -0.330 e. The van der Waals surface area contributed by atoms with Crippen molar-refractivity contribution in [2.24, 2.45) is 11.7 Å². The third-order valence-electron chi connectivity index (χ3n) is 3.45. The summed E-state index contributed by atoms with van der Waals surface area (Å²) >= 11 is 0. The molecule has 0 saturated carbocycles. The molecule has 17 heavy (non-hydrogen) atoms. The molecule has 0 aromatic carbocycles. The van der Waals surface area contributed by atoms with Gasteiger partial charge in [0.15, 0.2) is 5.82 Å². The van der Waals surface area contributed by atoms with Crippen LogP contribution in [-0.4, -0.2) is 44.7 Å². The van der Waals surface area contributed by atoms with Crippen molar-refractivity contribution in [3.63, 3.8) is 0 Å². The van der Waals surface area contributed by atoms with Gasteiger partial charge in [0.1, 0.15) is 0 Å². The number of aromatic nitrogens is 4. The summed E-state index contributed by atoms with van der Waals surface area (Å²) in [5, 5.41) is 11.9. The molecule has 2 N–H and O–H groups in total. The molecule has 0 spiro atoms. The van der Waals surface area contributed by atoms with Crippen LogP contribution in [0.1, 0.15) is 32.0 Å². The van der Waals surface area contributed by atoms with Crippen LogP contribution < -0.4 is 5.73 Å². The van der Waals surface area contributed by atoms with E-state index in [9.17, 15) is 0 Å². The maximum atomic E-state index is 5.69. The molecular formula is C11H22N6. The molecule has 0 bridgehead atoms. The van der Waals surface area contributed by atoms with Crippen molar-refractivity contribution in [2.75, 3.05) is 19.6 Å². The fourth-order valence-corrected chi connectivity index (χ4v) is 2.30. The zero-order valence-corrected chi connectivity index (χ0v) is 10.5. The van der Waals surface area contributed by atoms with Crippen molar-refractivity contribution in [2.45, 2.75) is 39.3 Å². The van der Waals surface area contributed by atoms with E-state index in [1.54, 1.807) is 0 Å². The van der Waals surface area contributed by atoms with Gasteiger partial charge in [0.25, 0.3) is 0 Å². The Balaban J connectivity index is 1.86. The Bertz CT molecular complexity index is 328. The van der Waals surface area contributed by atoms with Gasteiger partial charge in [-0.3, -0.25) is 4.90 Å². The van der Waals surface area contributed by atoms with E-state index in [1.165, 1.54) is 12.8 Å². The molecule has 1 aromatic rings. The van der Waals surface area contributed by atoms with Crippen LogP contribution in [0.5, 0.6) is 0 Å². The Kier molecular flexibility index (Phi) is 4.44. The largest absolute Gasteiger partial charge is 0.330 e. The summed E-state index contributed by atoms with van der Waals surface area (Å²) in [6.07, 6.45) is 3.46. The highest BCUT2D eigenvalue weighted by Gasteiger charge is 2.19. The number of nitrogens with zero attached hydrogens (tertiary/aromatic N) is 5. The second kappa shape index (κ2) is 6.07. The zero-order valence-electron chi connectivity index (χ0n) is 10.5. The number of rotatable bonds is 5. The highest BCUT2D eigenvalue weighted by atomic mass is 15.5. The molecule has 0 atom stereocenters. The lowest BCUT2D eigenvalue weighted by atomic mass is 9.97. The van der Waals surface area contributed by atoms with E-state index in [1.807, 2.05) is 4.68 Å². The Morgan fingerprint density at radius 1 is 1.35 bits per heavy atom. The summed E-state index contributed by atoms with van der Waals surface area (Å²) in [6, 6.07) is 0. The molecule has 1 aliphatic heterocycles. The lowest BCUT2D eigenvalue weighted by molar-refractivity contribution is 0.174. The minimum absolute atomic E-state index is 0.706. The van der Waals surface area contributed by atoms with Gasteiger partial charge in [-0.15, -0.1) is 5.10 Å². The SMILES string of the molecule is CCCn1nnnc1CN1CCC(CN)CC1. The van der Waals surface area contributed by atoms with Crippen LogP contribution in [0.25, 0.3) is 0 Å². The monoisotopic (exact) mass is 238 g/mol. The first-order chi connectivity index (χ1) is 8.33. The molecular weight excluding hydrogens is 216 g/mol. The smallest absolute Gasteiger partial charge is 0.165 e. The van der Waals surface area contributed by atoms with Gasteiger partial charge in [-0.25, -0.2) is 4.68 Å². The van der Waals surface area contributed by atoms with Gasteiger partial charge < -0.3 is 5.73 Å². The highest BCUT2D eigenvalue weighted by molar-refractivity contribution is 4.83. The van der Waals surface area contributed by atoms with Gasteiger partial charge in [0.05, 0.1) is 6.54 Å². The van der Waals surface area contributed by atoms with Gasteiger partial charge in [-0.05, 0) is 55.2 Å². The molecule has 0 radical (unpaired) electrons. The van der Waals surface area contributed by atoms with E-state index in [2.05, 4.69) is 27.3 Å². The van der Waals surface area contributed by atoms with E-state index < -0.39 is 0 Å². The quantitative estimate of drug-likeness (QED) is 0.796. The molecule has 1 aliphatic rings. The van der Waals surface area contributed by atoms with Crippen LogP contribution in [0.4, 0.5) is 0 Å². The second-order valence-corrected chi connectivity index (χ2v) is 4.77. The highest BCUT2D eigenvalue weighted by Crippen LogP contribution is 2.17. The van der Waals surface area contributed by atoms with Crippen molar-refractivity contribution in [1.29, 1.82) is 0 Å². The lowest BCUT2D eigenvalue weighted by Crippen LogP contribution is -2.36. The maximum Gasteiger partial charge on any atom is 0.165 e. The lowest BCUT2D eigenvalue weighted by Gasteiger charge is -2.30. The van der Waals surface area contributed by atoms with Crippen LogP contribution in [-0.2, 0) is 13.1 Å². The standard InChI is InChI=1S/C11H22N6/c1-2-5-17-11(13-14-15-17)9-16-6-3-10(8-12)4-7-16/h10H,2-9,12H2,1H3. The van der Waals surface area contributed by atoms with Crippen molar-refractivity contribution >= 4 is 0 Å². The van der Waals surface area contributed by atoms with E-state index in [0.717, 1.165) is 45.0 Å². The predicted molar refractivity (Wildman–Crippen MR) is 65.2 cm³/mol. The summed E-state index contributed by atoms with van der Waals surface area (Å²) in [7, 11) is 0. The third kappa shape index (κ3) is 3.23. The van der Waals surface area contributed by atoms with E-state index in [4.69, 9.17) is 5.73 Å². The molecule has 1 aromatic heterocycles. The average molecular weight is 238 g/mol. The van der Waals surface area contributed by atoms with Gasteiger partial charge >= 0.3 is 0 Å². The van der Waals surface area contributed by atoms with Crippen LogP contribution in [0.2, 0.25) is 0 Å². The first kappa shape index (κ1) is 12.4. The van der Waals surface area contributed by atoms with E-state index >= 15 is 0 Å². The van der Waals surface area contributed by atoms with Crippen LogP contribution in [0.3, 0.4) is 0 Å². The summed E-state index contributed by atoms with van der Waals surface area (Å²) in [5.74, 6) is 1.69. The van der Waals surface area contributed by atoms with Gasteiger partial charge in [0.2, 0.25) is 0 Å². The van der Waals surface area contributed by atoms with Crippen molar-refractivity contribution < 1.29 is 0 Å². The van der Waals surface area contributed by atoms with E-state index in [0.29, 0.717) is 5.92 Å². The van der Waals surface area contributed by atoms with Crippen LogP contribution >= 0.6 is 0 Å². The van der Waals surface area contributed by atoms with Crippen molar-refractivity contribution in [1.82, 2.24) is 25.1 Å². The molecule has 2 rings (SSSR count). The number of piperidine rings is 1. The Labute approximate surface area is 102 Å². The summed E-state index contributed by atoms with van der Waals surface area (Å²) in [6.45, 7) is 6.95. The van der Waals surface area contributed by atoms with Crippen molar-refractivity contribution in [3.8, 4) is 0 Å². The molecule has 2 heterocycles. The topological polar surface area (TPSA) is 72.9 Å². The molecule has 6 nitrogen and oxygen atoms in total. The molecule has 0 unspecified atom stereocenters. The number of hydrogen-bond donors (Lipinski definition) is 1. The number of tetrazole rings is 1. The number of aryl methyl sites for hydroxylation is 1. The maximum absolute atomic E-state index is 5.69. The van der Waals surface area contributed by atoms with E-state index in [-0.39, 0.29) is 0 Å². The first-order valence-electron chi connectivity index (χ1n) is 6.51. The summed E-state index contributed by atoms with van der Waals surface area (Å²) < 4.78 is 1.91. The molecule has 96 valence electrons. The zero-order chi connectivity index (χ0) is 12.1. The number of hydrogen-bond acceptors (Lipinski definition) is 5. The average Bonchev–Trinajstić information content (AvgIpc) is 2.78. The molecule has 1 fully saturated rings. The third-order valence-corrected chi connectivity index (χ3v) is 3.45. The minimum atomic E-state index is 0.706. The second-order valence-electron chi connectivity index (χ2n) is 4.77. The van der Waals surface area contributed by atoms with Gasteiger partial charge in [-0.2, -0.15) is 0 Å². The normalized spacial score (nSPS) is 18.7. The first-order valence-corrected chi connectivity index (χ1v) is 6.51. The Morgan fingerprint density at radius 3 is 2.76 bits per heavy atom. The fraction of sp³-hybridized carbons (Fsp3) is 0.909. The molecule has 0 aliphatic carbocycles. The predicted octanol–water partition coefficient (Wildman–Crippen LogP) is 0.254. The molecule has 1 saturated heterocycles. The molecule has 6 heteroatoms. The fourth-order valence-electron chi connectivity index (χ4n) is 2.30. The van der Waals surface area contributed by atoms with Crippen molar-refractivity contribution in [3.05, 3.63) is 5.82 Å². The molecule has 0 amide bonds. The Morgan fingerprint density at radius 2 is 2.12 bits per heavy atom. The summed E-state index contributed by atoms with van der Waals surface area (Å²) in [5.41, 5.74) is 5.69. The number of likely N-dealkylation sites (tertiary alicyclic amines) is 1. The number of nitrogens with two attached hydrogens (primary N) is 1. The summed E-state index contributed by atoms with van der Waals surface area (Å²) in [4.78, 5) is 2.42. The van der Waals surface area contributed by atoms with Crippen LogP contribution in [0, 0.1) is 5.92 Å². The van der Waals surface area contributed by atoms with Crippen LogP contribution in [0.15, 0.2) is 0 Å². The van der Waals surface area contributed by atoms with Gasteiger partial charge in [0, 0.05) is 6.54 Å². The Hall–Kier alpha value is -1.01.